The number of alkyl halides is 3. The Kier molecular flexibility index (Phi) is 12.9. The summed E-state index contributed by atoms with van der Waals surface area (Å²) in [6, 6.07) is 28.9. The molecule has 1 aromatic heterocycles. The van der Waals surface area contributed by atoms with E-state index in [0.717, 1.165) is 24.2 Å². The third-order valence-corrected chi connectivity index (χ3v) is 7.86. The maximum atomic E-state index is 14.3. The Morgan fingerprint density at radius 1 is 0.809 bits per heavy atom. The second kappa shape index (κ2) is 17.2. The van der Waals surface area contributed by atoms with Crippen LogP contribution in [0.5, 0.6) is 0 Å². The predicted molar refractivity (Wildman–Crippen MR) is 179 cm³/mol. The Morgan fingerprint density at radius 3 is 1.98 bits per heavy atom. The van der Waals surface area contributed by atoms with E-state index in [9.17, 15) is 22.8 Å². The zero-order valence-electron chi connectivity index (χ0n) is 26.8. The highest BCUT2D eigenvalue weighted by Gasteiger charge is 2.34. The Morgan fingerprint density at radius 2 is 1.40 bits per heavy atom. The minimum Gasteiger partial charge on any atom is -0.338 e. The van der Waals surface area contributed by atoms with E-state index < -0.39 is 23.7 Å². The highest BCUT2D eigenvalue weighted by atomic mass is 19.4. The number of pyridine rings is 1. The van der Waals surface area contributed by atoms with Crippen LogP contribution in [-0.4, -0.2) is 63.7 Å². The van der Waals surface area contributed by atoms with Gasteiger partial charge < -0.3 is 9.80 Å². The molecule has 9 heteroatoms. The number of carbonyl (C=O) groups excluding carboxylic acids is 2. The molecule has 1 unspecified atom stereocenters. The van der Waals surface area contributed by atoms with E-state index in [0.29, 0.717) is 43.9 Å². The molecule has 1 saturated heterocycles. The van der Waals surface area contributed by atoms with Crippen LogP contribution in [0.4, 0.5) is 13.2 Å². The Labute approximate surface area is 275 Å². The van der Waals surface area contributed by atoms with Crippen LogP contribution >= 0.6 is 0 Å². The number of rotatable bonds is 10. The van der Waals surface area contributed by atoms with Crippen LogP contribution < -0.4 is 0 Å². The topological polar surface area (TPSA) is 56.8 Å². The third-order valence-electron chi connectivity index (χ3n) is 7.86. The second-order valence-electron chi connectivity index (χ2n) is 11.0. The lowest BCUT2D eigenvalue weighted by molar-refractivity contribution is -0.145. The van der Waals surface area contributed by atoms with Gasteiger partial charge >= 0.3 is 6.18 Å². The number of nitrogens with zero attached hydrogens (tertiary/aromatic N) is 4. The number of aromatic nitrogens is 1. The van der Waals surface area contributed by atoms with E-state index in [1.807, 2.05) is 73.3 Å². The van der Waals surface area contributed by atoms with Crippen molar-refractivity contribution in [2.45, 2.75) is 45.6 Å². The highest BCUT2D eigenvalue weighted by Crippen LogP contribution is 2.29. The molecule has 2 heterocycles. The summed E-state index contributed by atoms with van der Waals surface area (Å²) >= 11 is 0. The smallest absolute Gasteiger partial charge is 0.338 e. The van der Waals surface area contributed by atoms with Crippen molar-refractivity contribution in [1.82, 2.24) is 19.7 Å². The molecule has 5 rings (SSSR count). The van der Waals surface area contributed by atoms with Gasteiger partial charge in [-0.3, -0.25) is 19.5 Å². The van der Waals surface area contributed by atoms with Crippen molar-refractivity contribution in [2.75, 3.05) is 26.2 Å². The van der Waals surface area contributed by atoms with Crippen LogP contribution in [0, 0.1) is 0 Å². The summed E-state index contributed by atoms with van der Waals surface area (Å²) in [4.78, 5) is 38.2. The van der Waals surface area contributed by atoms with Gasteiger partial charge in [-0.15, -0.1) is 0 Å². The fraction of sp³-hybridized carbons (Fsp3) is 0.289. The first-order chi connectivity index (χ1) is 22.8. The van der Waals surface area contributed by atoms with Crippen molar-refractivity contribution >= 4 is 17.9 Å². The molecule has 246 valence electrons. The fourth-order valence-electron chi connectivity index (χ4n) is 5.40. The Bertz CT molecular complexity index is 1560. The van der Waals surface area contributed by atoms with Crippen LogP contribution in [0.1, 0.15) is 41.8 Å². The van der Waals surface area contributed by atoms with Gasteiger partial charge in [0, 0.05) is 51.4 Å². The molecule has 0 spiro atoms. The Balaban J connectivity index is 0.00000245. The van der Waals surface area contributed by atoms with Crippen molar-refractivity contribution in [2.24, 2.45) is 0 Å². The summed E-state index contributed by atoms with van der Waals surface area (Å²) in [5.74, 6) is -0.581. The first-order valence-corrected chi connectivity index (χ1v) is 15.9. The van der Waals surface area contributed by atoms with Gasteiger partial charge in [0.2, 0.25) is 11.8 Å². The molecular weight excluding hydrogens is 601 g/mol. The lowest BCUT2D eigenvalue weighted by atomic mass is 10.0. The van der Waals surface area contributed by atoms with E-state index in [4.69, 9.17) is 0 Å². The predicted octanol–water partition coefficient (Wildman–Crippen LogP) is 7.12. The maximum Gasteiger partial charge on any atom is 0.416 e. The van der Waals surface area contributed by atoms with Gasteiger partial charge in [-0.1, -0.05) is 92.7 Å². The number of hydrogen-bond donors (Lipinski definition) is 0. The number of amides is 2. The van der Waals surface area contributed by atoms with E-state index in [-0.39, 0.29) is 12.5 Å². The molecule has 4 aromatic rings. The molecule has 0 saturated carbocycles. The maximum absolute atomic E-state index is 14.3. The fourth-order valence-corrected chi connectivity index (χ4v) is 5.40. The highest BCUT2D eigenvalue weighted by molar-refractivity contribution is 5.95. The molecule has 0 aliphatic carbocycles. The average Bonchev–Trinajstić information content (AvgIpc) is 3.11. The second-order valence-corrected chi connectivity index (χ2v) is 11.0. The minimum atomic E-state index is -4.45. The number of benzene rings is 3. The Hall–Kier alpha value is -4.76. The summed E-state index contributed by atoms with van der Waals surface area (Å²) < 4.78 is 39.1. The van der Waals surface area contributed by atoms with Crippen LogP contribution in [-0.2, 0) is 35.3 Å². The van der Waals surface area contributed by atoms with Crippen LogP contribution in [0.15, 0.2) is 115 Å². The molecule has 1 aliphatic heterocycles. The summed E-state index contributed by atoms with van der Waals surface area (Å²) in [5.41, 5.74) is 2.41. The van der Waals surface area contributed by atoms with Gasteiger partial charge in [0.15, 0.2) is 0 Å². The van der Waals surface area contributed by atoms with Crippen LogP contribution in [0.3, 0.4) is 0 Å². The van der Waals surface area contributed by atoms with Gasteiger partial charge in [0.25, 0.3) is 0 Å². The molecule has 0 radical (unpaired) electrons. The molecule has 47 heavy (non-hydrogen) atoms. The van der Waals surface area contributed by atoms with Crippen molar-refractivity contribution in [1.29, 1.82) is 0 Å². The first-order valence-electron chi connectivity index (χ1n) is 15.9. The zero-order valence-corrected chi connectivity index (χ0v) is 26.8. The van der Waals surface area contributed by atoms with Gasteiger partial charge in [-0.05, 0) is 47.0 Å². The summed E-state index contributed by atoms with van der Waals surface area (Å²) in [7, 11) is 0. The molecule has 6 nitrogen and oxygen atoms in total. The van der Waals surface area contributed by atoms with Crippen molar-refractivity contribution < 1.29 is 22.8 Å². The number of carbonyl (C=O) groups is 2. The number of hydrogen-bond acceptors (Lipinski definition) is 4. The molecule has 0 N–H and O–H groups in total. The van der Waals surface area contributed by atoms with Crippen LogP contribution in [0.2, 0.25) is 0 Å². The van der Waals surface area contributed by atoms with E-state index in [1.165, 1.54) is 34.7 Å². The van der Waals surface area contributed by atoms with Crippen LogP contribution in [0.25, 0.3) is 6.08 Å². The summed E-state index contributed by atoms with van der Waals surface area (Å²) in [5, 5.41) is 0. The van der Waals surface area contributed by atoms with Crippen molar-refractivity contribution in [3.63, 3.8) is 0 Å². The molecule has 1 atom stereocenters. The van der Waals surface area contributed by atoms with Gasteiger partial charge in [0.1, 0.15) is 6.04 Å². The molecular formula is C38H41F3N4O2. The minimum absolute atomic E-state index is 0.0915. The summed E-state index contributed by atoms with van der Waals surface area (Å²) in [6.45, 7) is 7.37. The zero-order chi connectivity index (χ0) is 33.6. The quantitative estimate of drug-likeness (QED) is 0.173. The number of piperazine rings is 1. The van der Waals surface area contributed by atoms with Gasteiger partial charge in [-0.2, -0.15) is 13.2 Å². The number of halogens is 3. The van der Waals surface area contributed by atoms with E-state index in [1.54, 1.807) is 18.3 Å². The molecule has 3 aromatic carbocycles. The van der Waals surface area contributed by atoms with E-state index >= 15 is 0 Å². The molecule has 1 fully saturated rings. The normalized spacial score (nSPS) is 14.3. The largest absolute Gasteiger partial charge is 0.416 e. The first kappa shape index (κ1) is 35.1. The SMILES string of the molecule is CC.O=C(C(Cc1ccccc1)N(Cc1ccccn1)C(=O)/C=C/c1ccc(C(F)(F)F)cc1)N1CCN(Cc2ccccc2)CC1. The third kappa shape index (κ3) is 10.4. The van der Waals surface area contributed by atoms with Crippen molar-refractivity contribution in [3.8, 4) is 0 Å². The lowest BCUT2D eigenvalue weighted by Gasteiger charge is -2.39. The average molecular weight is 643 g/mol. The van der Waals surface area contributed by atoms with E-state index in [2.05, 4.69) is 22.0 Å². The molecule has 0 bridgehead atoms. The monoisotopic (exact) mass is 642 g/mol. The standard InChI is InChI=1S/C36H35F3N4O2.C2H6/c37-36(38,39)31-17-14-28(15-18-31)16-19-34(44)43(27-32-13-7-8-20-40-32)33(25-29-9-3-1-4-10-29)35(45)42-23-21-41(22-24-42)26-30-11-5-2-6-12-30;1-2/h1-20,33H,21-27H2;1-2H3/b19-16+;. The molecule has 1 aliphatic rings. The lowest BCUT2D eigenvalue weighted by Crippen LogP contribution is -2.56. The van der Waals surface area contributed by atoms with Gasteiger partial charge in [-0.25, -0.2) is 0 Å². The summed E-state index contributed by atoms with van der Waals surface area (Å²) in [6.07, 6.45) is 0.275. The molecule has 2 amide bonds. The van der Waals surface area contributed by atoms with Gasteiger partial charge in [0.05, 0.1) is 17.8 Å². The van der Waals surface area contributed by atoms with Crippen molar-refractivity contribution in [3.05, 3.63) is 143 Å².